The van der Waals surface area contributed by atoms with E-state index in [9.17, 15) is 0 Å². The van der Waals surface area contributed by atoms with Crippen LogP contribution in [0.15, 0.2) is 175 Å². The van der Waals surface area contributed by atoms with Gasteiger partial charge >= 0.3 is 0 Å². The molecule has 8 aromatic rings. The van der Waals surface area contributed by atoms with Crippen molar-refractivity contribution in [3.8, 4) is 33.4 Å². The third kappa shape index (κ3) is 4.00. The van der Waals surface area contributed by atoms with E-state index in [1.54, 1.807) is 0 Å². The van der Waals surface area contributed by atoms with Crippen molar-refractivity contribution in [2.45, 2.75) is 5.92 Å². The summed E-state index contributed by atoms with van der Waals surface area (Å²) >= 11 is 0. The Bertz CT molecular complexity index is 2770. The van der Waals surface area contributed by atoms with Crippen molar-refractivity contribution >= 4 is 50.0 Å². The predicted molar refractivity (Wildman–Crippen MR) is 213 cm³/mol. The van der Waals surface area contributed by atoms with Gasteiger partial charge in [-0.25, -0.2) is 0 Å². The average molecular weight is 633 g/mol. The van der Waals surface area contributed by atoms with E-state index in [1.165, 1.54) is 99.1 Å². The highest BCUT2D eigenvalue weighted by Gasteiger charge is 2.36. The highest BCUT2D eigenvalue weighted by Crippen LogP contribution is 2.53. The van der Waals surface area contributed by atoms with Gasteiger partial charge < -0.3 is 0 Å². The Morgan fingerprint density at radius 1 is 0.440 bits per heavy atom. The van der Waals surface area contributed by atoms with Gasteiger partial charge in [0.25, 0.3) is 0 Å². The topological polar surface area (TPSA) is 0 Å². The van der Waals surface area contributed by atoms with Crippen LogP contribution in [0.4, 0.5) is 0 Å². The lowest BCUT2D eigenvalue weighted by atomic mass is 9.65. The Kier molecular flexibility index (Phi) is 5.89. The van der Waals surface area contributed by atoms with Crippen LogP contribution in [-0.2, 0) is 0 Å². The molecule has 0 aliphatic heterocycles. The summed E-state index contributed by atoms with van der Waals surface area (Å²) in [5.74, 6) is 0.700. The van der Waals surface area contributed by atoms with E-state index < -0.39 is 0 Å². The second kappa shape index (κ2) is 10.6. The molecule has 0 radical (unpaired) electrons. The molecule has 0 fully saturated rings. The predicted octanol–water partition coefficient (Wildman–Crippen LogP) is 13.4. The lowest BCUT2D eigenvalue weighted by Gasteiger charge is -2.38. The summed E-state index contributed by atoms with van der Waals surface area (Å²) in [6.45, 7) is 0. The van der Waals surface area contributed by atoms with Crippen LogP contribution >= 0.6 is 0 Å². The average Bonchev–Trinajstić information content (AvgIpc) is 3.19. The Morgan fingerprint density at radius 2 is 1.00 bits per heavy atom. The second-order valence-electron chi connectivity index (χ2n) is 14.0. The number of hydrogen-bond donors (Lipinski definition) is 0. The highest BCUT2D eigenvalue weighted by molar-refractivity contribution is 6.27. The van der Waals surface area contributed by atoms with Gasteiger partial charge in [0.15, 0.2) is 0 Å². The van der Waals surface area contributed by atoms with Crippen molar-refractivity contribution in [1.29, 1.82) is 0 Å². The summed E-state index contributed by atoms with van der Waals surface area (Å²) in [6.07, 6.45) is 14.2. The monoisotopic (exact) mass is 632 g/mol. The summed E-state index contributed by atoms with van der Waals surface area (Å²) in [5.41, 5.74) is 15.9. The molecule has 50 heavy (non-hydrogen) atoms. The molecule has 0 heteroatoms. The number of allylic oxidation sites excluding steroid dienone is 6. The maximum Gasteiger partial charge on any atom is 0.0205 e. The van der Waals surface area contributed by atoms with Gasteiger partial charge in [0, 0.05) is 11.8 Å². The molecular weight excluding hydrogens is 601 g/mol. The molecule has 11 rings (SSSR count). The first kappa shape index (κ1) is 27.7. The SMILES string of the molecule is C1=CC2C=Cc3c(-c4ccccc4)ccc4c3C2C(=C1)C(c1ccc(-c2ccc3ccc5c(-c6ccccc6)ccc6ccc2c3c65)cc1)=C4. The van der Waals surface area contributed by atoms with Crippen LogP contribution in [0.3, 0.4) is 0 Å². The minimum absolute atomic E-state index is 0.330. The third-order valence-corrected chi connectivity index (χ3v) is 11.4. The van der Waals surface area contributed by atoms with Gasteiger partial charge in [0.1, 0.15) is 0 Å². The van der Waals surface area contributed by atoms with Crippen LogP contribution in [0.5, 0.6) is 0 Å². The van der Waals surface area contributed by atoms with Crippen LogP contribution < -0.4 is 0 Å². The summed E-state index contributed by atoms with van der Waals surface area (Å²) in [7, 11) is 0. The molecule has 0 spiro atoms. The fourth-order valence-electron chi connectivity index (χ4n) is 9.11. The van der Waals surface area contributed by atoms with Crippen molar-refractivity contribution in [3.05, 3.63) is 198 Å². The molecule has 2 unspecified atom stereocenters. The molecule has 0 bridgehead atoms. The fourth-order valence-corrected chi connectivity index (χ4v) is 9.11. The molecule has 3 aliphatic rings. The van der Waals surface area contributed by atoms with E-state index in [1.807, 2.05) is 0 Å². The Morgan fingerprint density at radius 3 is 1.66 bits per heavy atom. The van der Waals surface area contributed by atoms with Gasteiger partial charge in [-0.05, 0) is 105 Å². The first-order valence-electron chi connectivity index (χ1n) is 17.7. The number of benzene rings is 8. The second-order valence-corrected chi connectivity index (χ2v) is 14.0. The summed E-state index contributed by atoms with van der Waals surface area (Å²) in [4.78, 5) is 0. The Labute approximate surface area is 292 Å². The molecule has 0 saturated carbocycles. The minimum Gasteiger partial charge on any atom is -0.0767 e. The van der Waals surface area contributed by atoms with Crippen molar-refractivity contribution in [2.75, 3.05) is 0 Å². The number of hydrogen-bond acceptors (Lipinski definition) is 0. The smallest absolute Gasteiger partial charge is 0.0205 e. The molecular formula is C50H32. The van der Waals surface area contributed by atoms with Crippen LogP contribution in [0.1, 0.15) is 28.2 Å². The van der Waals surface area contributed by atoms with Crippen LogP contribution in [-0.4, -0.2) is 0 Å². The molecule has 3 aliphatic carbocycles. The normalized spacial score (nSPS) is 17.3. The van der Waals surface area contributed by atoms with Gasteiger partial charge in [0.2, 0.25) is 0 Å². The zero-order valence-electron chi connectivity index (χ0n) is 27.5. The maximum absolute atomic E-state index is 2.43. The zero-order valence-corrected chi connectivity index (χ0v) is 27.5. The van der Waals surface area contributed by atoms with Crippen molar-refractivity contribution in [3.63, 3.8) is 0 Å². The van der Waals surface area contributed by atoms with E-state index in [-0.39, 0.29) is 0 Å². The van der Waals surface area contributed by atoms with Gasteiger partial charge in [-0.2, -0.15) is 0 Å². The fraction of sp³-hybridized carbons (Fsp3) is 0.0400. The van der Waals surface area contributed by atoms with E-state index in [0.29, 0.717) is 11.8 Å². The van der Waals surface area contributed by atoms with Gasteiger partial charge in [-0.1, -0.05) is 176 Å². The van der Waals surface area contributed by atoms with Crippen molar-refractivity contribution < 1.29 is 0 Å². The van der Waals surface area contributed by atoms with Crippen LogP contribution in [0.25, 0.3) is 83.4 Å². The number of rotatable bonds is 4. The lowest BCUT2D eigenvalue weighted by Crippen LogP contribution is -2.23. The van der Waals surface area contributed by atoms with Crippen LogP contribution in [0.2, 0.25) is 0 Å². The quantitative estimate of drug-likeness (QED) is 0.169. The molecule has 0 amide bonds. The Hall–Kier alpha value is -6.24. The molecule has 0 aromatic heterocycles. The molecule has 0 saturated heterocycles. The lowest BCUT2D eigenvalue weighted by molar-refractivity contribution is 0.668. The maximum atomic E-state index is 2.43. The minimum atomic E-state index is 0.330. The van der Waals surface area contributed by atoms with Gasteiger partial charge in [0.05, 0.1) is 0 Å². The standard InChI is InChI=1S/C50H32/c1-3-8-31(9-4-1)39-24-18-36-22-29-44-41(25-19-37-21-28-43(39)48(36)49(37)44)33-14-16-34(17-15-33)46-30-38-23-26-40(32-10-5-2-6-11-32)45-27-20-35-12-7-13-42(46)47(35)50(38)45/h1-30,35,47H. The van der Waals surface area contributed by atoms with Crippen molar-refractivity contribution in [1.82, 2.24) is 0 Å². The molecule has 0 N–H and O–H groups in total. The highest BCUT2D eigenvalue weighted by atomic mass is 14.4. The molecule has 8 aromatic carbocycles. The van der Waals surface area contributed by atoms with E-state index in [2.05, 4.69) is 182 Å². The van der Waals surface area contributed by atoms with E-state index in [4.69, 9.17) is 0 Å². The first-order chi connectivity index (χ1) is 24.8. The summed E-state index contributed by atoms with van der Waals surface area (Å²) < 4.78 is 0. The summed E-state index contributed by atoms with van der Waals surface area (Å²) in [5, 5.41) is 7.91. The molecule has 0 heterocycles. The largest absolute Gasteiger partial charge is 0.0767 e. The third-order valence-electron chi connectivity index (χ3n) is 11.4. The van der Waals surface area contributed by atoms with Gasteiger partial charge in [-0.3, -0.25) is 0 Å². The molecule has 232 valence electrons. The zero-order chi connectivity index (χ0) is 32.8. The van der Waals surface area contributed by atoms with Crippen molar-refractivity contribution in [2.24, 2.45) is 5.92 Å². The Balaban J connectivity index is 1.03. The molecule has 0 nitrogen and oxygen atoms in total. The van der Waals surface area contributed by atoms with E-state index in [0.717, 1.165) is 0 Å². The first-order valence-corrected chi connectivity index (χ1v) is 17.7. The van der Waals surface area contributed by atoms with Crippen LogP contribution in [0, 0.1) is 5.92 Å². The van der Waals surface area contributed by atoms with Gasteiger partial charge in [-0.15, -0.1) is 0 Å². The van der Waals surface area contributed by atoms with E-state index >= 15 is 0 Å². The molecule has 2 atom stereocenters. The summed E-state index contributed by atoms with van der Waals surface area (Å²) in [6, 6.07) is 54.0.